The van der Waals surface area contributed by atoms with Crippen molar-refractivity contribution in [1.29, 1.82) is 0 Å². The fourth-order valence-corrected chi connectivity index (χ4v) is 5.99. The lowest BCUT2D eigenvalue weighted by molar-refractivity contribution is -0.142. The summed E-state index contributed by atoms with van der Waals surface area (Å²) in [6.07, 6.45) is 1.20. The predicted octanol–water partition coefficient (Wildman–Crippen LogP) is 0.606. The van der Waals surface area contributed by atoms with E-state index in [2.05, 4.69) is 10.2 Å². The molecule has 2 aliphatic heterocycles. The van der Waals surface area contributed by atoms with Gasteiger partial charge in [-0.3, -0.25) is 14.7 Å². The Balaban J connectivity index is 1.75. The first-order valence-electron chi connectivity index (χ1n) is 9.16. The van der Waals surface area contributed by atoms with E-state index in [0.29, 0.717) is 37.3 Å². The minimum atomic E-state index is -3.73. The lowest BCUT2D eigenvalue weighted by Crippen LogP contribution is -2.46. The number of rotatable bonds is 4. The molecule has 2 N–H and O–H groups in total. The van der Waals surface area contributed by atoms with Gasteiger partial charge in [-0.05, 0) is 32.6 Å². The van der Waals surface area contributed by atoms with Gasteiger partial charge in [-0.15, -0.1) is 0 Å². The van der Waals surface area contributed by atoms with Gasteiger partial charge in [0.15, 0.2) is 0 Å². The molecule has 27 heavy (non-hydrogen) atoms. The number of nitrogens with zero attached hydrogens (tertiary/aromatic N) is 3. The average Bonchev–Trinajstić information content (AvgIpc) is 3.17. The standard InChI is InChI=1S/C17H26N4O5S/c1-10-7-20(9-14(10)17(23)24)16(22)13-5-4-6-21(8-13)27(25,26)15-11(2)18-19-12(15)3/h10,13-14H,4-9H2,1-3H3,(H,18,19)(H,23,24)/t10-,13?,14-/m1/s1. The highest BCUT2D eigenvalue weighted by Gasteiger charge is 2.41. The van der Waals surface area contributed by atoms with Crippen LogP contribution in [0.3, 0.4) is 0 Å². The maximum atomic E-state index is 13.0. The van der Waals surface area contributed by atoms with E-state index in [1.54, 1.807) is 18.7 Å². The van der Waals surface area contributed by atoms with Crippen LogP contribution in [0, 0.1) is 31.6 Å². The highest BCUT2D eigenvalue weighted by Crippen LogP contribution is 2.30. The smallest absolute Gasteiger partial charge is 0.308 e. The lowest BCUT2D eigenvalue weighted by atomic mass is 9.98. The summed E-state index contributed by atoms with van der Waals surface area (Å²) in [5.41, 5.74) is 0.900. The van der Waals surface area contributed by atoms with Gasteiger partial charge in [0.2, 0.25) is 15.9 Å². The van der Waals surface area contributed by atoms with Crippen molar-refractivity contribution in [3.8, 4) is 0 Å². The molecule has 0 aromatic carbocycles. The molecule has 0 aliphatic carbocycles. The van der Waals surface area contributed by atoms with E-state index in [9.17, 15) is 23.1 Å². The Labute approximate surface area is 158 Å². The van der Waals surface area contributed by atoms with Crippen LogP contribution >= 0.6 is 0 Å². The Kier molecular flexibility index (Phi) is 5.31. The summed E-state index contributed by atoms with van der Waals surface area (Å²) in [4.78, 5) is 26.0. The van der Waals surface area contributed by atoms with E-state index in [-0.39, 0.29) is 29.8 Å². The van der Waals surface area contributed by atoms with Gasteiger partial charge in [-0.1, -0.05) is 6.92 Å². The highest BCUT2D eigenvalue weighted by molar-refractivity contribution is 7.89. The molecule has 1 aromatic heterocycles. The van der Waals surface area contributed by atoms with Crippen LogP contribution < -0.4 is 0 Å². The average molecular weight is 398 g/mol. The minimum absolute atomic E-state index is 0.105. The Morgan fingerprint density at radius 1 is 1.22 bits per heavy atom. The number of likely N-dealkylation sites (tertiary alicyclic amines) is 1. The number of nitrogens with one attached hydrogen (secondary N) is 1. The Hall–Kier alpha value is -1.94. The van der Waals surface area contributed by atoms with Crippen LogP contribution in [-0.2, 0) is 19.6 Å². The number of aryl methyl sites for hydroxylation is 2. The molecule has 0 radical (unpaired) electrons. The molecule has 3 heterocycles. The largest absolute Gasteiger partial charge is 0.481 e. The van der Waals surface area contributed by atoms with Crippen molar-refractivity contribution in [2.75, 3.05) is 26.2 Å². The zero-order valence-corrected chi connectivity index (χ0v) is 16.6. The number of amides is 1. The second kappa shape index (κ2) is 7.23. The molecule has 2 fully saturated rings. The fraction of sp³-hybridized carbons (Fsp3) is 0.706. The quantitative estimate of drug-likeness (QED) is 0.766. The third-order valence-corrected chi connectivity index (χ3v) is 7.76. The molecule has 2 saturated heterocycles. The number of aliphatic carboxylic acids is 1. The van der Waals surface area contributed by atoms with Crippen LogP contribution in [0.5, 0.6) is 0 Å². The SMILES string of the molecule is Cc1n[nH]c(C)c1S(=O)(=O)N1CCCC(C(=O)N2C[C@@H](C)[C@H](C(=O)O)C2)C1. The van der Waals surface area contributed by atoms with E-state index in [1.807, 2.05) is 6.92 Å². The predicted molar refractivity (Wildman–Crippen MR) is 96.4 cm³/mol. The van der Waals surface area contributed by atoms with Crippen LogP contribution in [0.1, 0.15) is 31.2 Å². The number of hydrogen-bond donors (Lipinski definition) is 2. The number of carboxylic acid groups (broad SMARTS) is 1. The molecule has 1 unspecified atom stereocenters. The fourth-order valence-electron chi connectivity index (χ4n) is 4.14. The topological polar surface area (TPSA) is 124 Å². The number of aromatic nitrogens is 2. The number of aromatic amines is 1. The molecule has 0 spiro atoms. The van der Waals surface area contributed by atoms with Crippen molar-refractivity contribution in [1.82, 2.24) is 19.4 Å². The van der Waals surface area contributed by atoms with Crippen LogP contribution in [-0.4, -0.2) is 71.0 Å². The molecule has 150 valence electrons. The van der Waals surface area contributed by atoms with Crippen LogP contribution in [0.4, 0.5) is 0 Å². The van der Waals surface area contributed by atoms with E-state index in [4.69, 9.17) is 0 Å². The van der Waals surface area contributed by atoms with Crippen molar-refractivity contribution in [3.63, 3.8) is 0 Å². The first kappa shape index (κ1) is 19.8. The molecule has 1 aromatic rings. The van der Waals surface area contributed by atoms with Crippen LogP contribution in [0.2, 0.25) is 0 Å². The van der Waals surface area contributed by atoms with Crippen LogP contribution in [0.25, 0.3) is 0 Å². The van der Waals surface area contributed by atoms with Crippen molar-refractivity contribution >= 4 is 21.9 Å². The summed E-state index contributed by atoms with van der Waals surface area (Å²) in [5, 5.41) is 15.9. The highest BCUT2D eigenvalue weighted by atomic mass is 32.2. The summed E-state index contributed by atoms with van der Waals surface area (Å²) in [6.45, 7) is 6.21. The Morgan fingerprint density at radius 3 is 2.48 bits per heavy atom. The number of H-pyrrole nitrogens is 1. The number of hydrogen-bond acceptors (Lipinski definition) is 5. The molecule has 2 aliphatic rings. The van der Waals surface area contributed by atoms with Gasteiger partial charge >= 0.3 is 5.97 Å². The maximum absolute atomic E-state index is 13.0. The van der Waals surface area contributed by atoms with Gasteiger partial charge in [0.1, 0.15) is 4.90 Å². The Bertz CT molecular complexity index is 830. The monoisotopic (exact) mass is 398 g/mol. The lowest BCUT2D eigenvalue weighted by Gasteiger charge is -2.33. The maximum Gasteiger partial charge on any atom is 0.308 e. The number of piperidine rings is 1. The first-order valence-corrected chi connectivity index (χ1v) is 10.6. The van der Waals surface area contributed by atoms with Gasteiger partial charge in [0.25, 0.3) is 0 Å². The zero-order chi connectivity index (χ0) is 19.9. The minimum Gasteiger partial charge on any atom is -0.481 e. The number of carbonyl (C=O) groups is 2. The van der Waals surface area contributed by atoms with Gasteiger partial charge in [-0.2, -0.15) is 9.40 Å². The van der Waals surface area contributed by atoms with Crippen LogP contribution in [0.15, 0.2) is 4.90 Å². The molecule has 0 bridgehead atoms. The van der Waals surface area contributed by atoms with Gasteiger partial charge in [0, 0.05) is 26.2 Å². The van der Waals surface area contributed by atoms with Gasteiger partial charge < -0.3 is 10.0 Å². The molecule has 3 atom stereocenters. The van der Waals surface area contributed by atoms with Gasteiger partial charge in [0.05, 0.1) is 23.2 Å². The zero-order valence-electron chi connectivity index (χ0n) is 15.8. The molecule has 10 heteroatoms. The summed E-state index contributed by atoms with van der Waals surface area (Å²) in [6, 6.07) is 0. The van der Waals surface area contributed by atoms with Crippen molar-refractivity contribution < 1.29 is 23.1 Å². The molecule has 9 nitrogen and oxygen atoms in total. The Morgan fingerprint density at radius 2 is 1.93 bits per heavy atom. The molecule has 3 rings (SSSR count). The molecule has 1 amide bonds. The molecular formula is C17H26N4O5S. The number of sulfonamides is 1. The third kappa shape index (κ3) is 3.60. The van der Waals surface area contributed by atoms with Crippen molar-refractivity contribution in [2.45, 2.75) is 38.5 Å². The molecular weight excluding hydrogens is 372 g/mol. The van der Waals surface area contributed by atoms with Gasteiger partial charge in [-0.25, -0.2) is 8.42 Å². The third-order valence-electron chi connectivity index (χ3n) is 5.63. The number of carboxylic acids is 1. The second-order valence-electron chi connectivity index (χ2n) is 7.63. The molecule has 0 saturated carbocycles. The summed E-state index contributed by atoms with van der Waals surface area (Å²) in [5.74, 6) is -2.15. The normalized spacial score (nSPS) is 27.1. The van der Waals surface area contributed by atoms with E-state index < -0.39 is 27.8 Å². The second-order valence-corrected chi connectivity index (χ2v) is 9.51. The van der Waals surface area contributed by atoms with E-state index in [0.717, 1.165) is 0 Å². The van der Waals surface area contributed by atoms with Crippen molar-refractivity contribution in [2.24, 2.45) is 17.8 Å². The summed E-state index contributed by atoms with van der Waals surface area (Å²) < 4.78 is 27.4. The first-order chi connectivity index (χ1) is 12.6. The summed E-state index contributed by atoms with van der Waals surface area (Å²) >= 11 is 0. The van der Waals surface area contributed by atoms with E-state index >= 15 is 0 Å². The summed E-state index contributed by atoms with van der Waals surface area (Å²) in [7, 11) is -3.73. The van der Waals surface area contributed by atoms with E-state index in [1.165, 1.54) is 4.31 Å². The number of carbonyl (C=O) groups excluding carboxylic acids is 1. The van der Waals surface area contributed by atoms with Crippen molar-refractivity contribution in [3.05, 3.63) is 11.4 Å².